The summed E-state index contributed by atoms with van der Waals surface area (Å²) in [6.07, 6.45) is 3.71. The quantitative estimate of drug-likeness (QED) is 0.676. The maximum Gasteiger partial charge on any atom is 0.254 e. The molecule has 3 heterocycles. The molecule has 1 amide bonds. The minimum atomic E-state index is -0.805. The van der Waals surface area contributed by atoms with Crippen LogP contribution in [0.2, 0.25) is 5.02 Å². The van der Waals surface area contributed by atoms with Crippen LogP contribution >= 0.6 is 11.6 Å². The minimum absolute atomic E-state index is 0.126. The molecular weight excluding hydrogens is 466 g/mol. The molecule has 35 heavy (non-hydrogen) atoms. The van der Waals surface area contributed by atoms with Gasteiger partial charge in [0.2, 0.25) is 0 Å². The van der Waals surface area contributed by atoms with Crippen LogP contribution in [-0.2, 0) is 13.0 Å². The van der Waals surface area contributed by atoms with Gasteiger partial charge in [-0.15, -0.1) is 0 Å². The van der Waals surface area contributed by atoms with Gasteiger partial charge in [-0.1, -0.05) is 11.6 Å². The molecule has 8 heteroatoms. The number of aryl methyl sites for hydroxylation is 2. The fourth-order valence-electron chi connectivity index (χ4n) is 6.02. The second-order valence-electron chi connectivity index (χ2n) is 10.7. The number of rotatable bonds is 4. The molecule has 0 bridgehead atoms. The Morgan fingerprint density at radius 3 is 2.54 bits per heavy atom. The van der Waals surface area contributed by atoms with Gasteiger partial charge in [0.1, 0.15) is 0 Å². The molecule has 3 aliphatic rings. The van der Waals surface area contributed by atoms with Gasteiger partial charge in [0, 0.05) is 42.2 Å². The molecule has 5 rings (SSSR count). The fourth-order valence-corrected chi connectivity index (χ4v) is 6.33. The van der Waals surface area contributed by atoms with Gasteiger partial charge in [-0.2, -0.15) is 0 Å². The van der Waals surface area contributed by atoms with Crippen LogP contribution < -0.4 is 15.0 Å². The Balaban J connectivity index is 1.46. The van der Waals surface area contributed by atoms with Crippen molar-refractivity contribution < 1.29 is 14.3 Å². The zero-order valence-corrected chi connectivity index (χ0v) is 22.1. The second kappa shape index (κ2) is 8.56. The summed E-state index contributed by atoms with van der Waals surface area (Å²) in [5.74, 6) is 0.437. The summed E-state index contributed by atoms with van der Waals surface area (Å²) in [5, 5.41) is 0.476. The number of fused-ring (bicyclic) bond motifs is 2. The first kappa shape index (κ1) is 24.2. The first-order valence-corrected chi connectivity index (χ1v) is 12.8. The number of nitrogens with one attached hydrogen (secondary N) is 1. The smallest absolute Gasteiger partial charge is 0.254 e. The topological polar surface area (TPSA) is 74.9 Å². The Labute approximate surface area is 211 Å². The van der Waals surface area contributed by atoms with Crippen LogP contribution in [0.5, 0.6) is 11.5 Å². The minimum Gasteiger partial charge on any atom is -0.448 e. The highest BCUT2D eigenvalue weighted by molar-refractivity contribution is 6.34. The van der Waals surface area contributed by atoms with Crippen LogP contribution in [0.3, 0.4) is 0 Å². The van der Waals surface area contributed by atoms with Gasteiger partial charge in [0.25, 0.3) is 17.3 Å². The van der Waals surface area contributed by atoms with E-state index in [1.54, 1.807) is 4.90 Å². The number of carbonyl (C=O) groups excluding carboxylic acids is 1. The fraction of sp³-hybridized carbons (Fsp3) is 0.556. The van der Waals surface area contributed by atoms with Crippen LogP contribution in [-0.4, -0.2) is 53.2 Å². The van der Waals surface area contributed by atoms with Gasteiger partial charge in [-0.3, -0.25) is 9.59 Å². The number of nitrogens with zero attached hydrogens (tertiary/aromatic N) is 2. The van der Waals surface area contributed by atoms with E-state index in [9.17, 15) is 9.59 Å². The van der Waals surface area contributed by atoms with Crippen molar-refractivity contribution in [3.05, 3.63) is 55.0 Å². The molecule has 7 nitrogen and oxygen atoms in total. The number of aromatic amines is 1. The zero-order chi connectivity index (χ0) is 25.2. The van der Waals surface area contributed by atoms with E-state index in [1.807, 2.05) is 33.8 Å². The van der Waals surface area contributed by atoms with Crippen molar-refractivity contribution >= 4 is 17.5 Å². The van der Waals surface area contributed by atoms with Gasteiger partial charge in [-0.25, -0.2) is 0 Å². The number of H-pyrrole nitrogens is 1. The Morgan fingerprint density at radius 1 is 1.17 bits per heavy atom. The highest BCUT2D eigenvalue weighted by Crippen LogP contribution is 2.54. The lowest BCUT2D eigenvalue weighted by atomic mass is 9.93. The first-order valence-electron chi connectivity index (χ1n) is 12.4. The monoisotopic (exact) mass is 499 g/mol. The zero-order valence-electron chi connectivity index (χ0n) is 21.4. The molecule has 1 unspecified atom stereocenters. The summed E-state index contributed by atoms with van der Waals surface area (Å²) in [6.45, 7) is 8.41. The van der Waals surface area contributed by atoms with Crippen molar-refractivity contribution in [2.75, 3.05) is 20.6 Å². The number of aromatic nitrogens is 1. The Morgan fingerprint density at radius 2 is 1.89 bits per heavy atom. The third-order valence-corrected chi connectivity index (χ3v) is 8.55. The molecule has 1 saturated carbocycles. The molecule has 2 aliphatic heterocycles. The normalized spacial score (nSPS) is 25.5. The highest BCUT2D eigenvalue weighted by Gasteiger charge is 2.50. The lowest BCUT2D eigenvalue weighted by molar-refractivity contribution is -0.109. The summed E-state index contributed by atoms with van der Waals surface area (Å²) in [6, 6.07) is 2.44. The van der Waals surface area contributed by atoms with E-state index in [0.717, 1.165) is 41.6 Å². The van der Waals surface area contributed by atoms with Crippen molar-refractivity contribution in [2.45, 2.75) is 71.8 Å². The summed E-state index contributed by atoms with van der Waals surface area (Å²) in [7, 11) is 4.22. The molecule has 1 aromatic heterocycles. The molecular formula is C27H34ClN3O4. The highest BCUT2D eigenvalue weighted by atomic mass is 35.5. The van der Waals surface area contributed by atoms with E-state index in [-0.39, 0.29) is 23.9 Å². The van der Waals surface area contributed by atoms with E-state index in [2.05, 4.69) is 24.0 Å². The molecule has 1 N–H and O–H groups in total. The van der Waals surface area contributed by atoms with Gasteiger partial charge >= 0.3 is 0 Å². The maximum absolute atomic E-state index is 13.7. The molecule has 1 aromatic carbocycles. The maximum atomic E-state index is 13.7. The average Bonchev–Trinajstić information content (AvgIpc) is 3.42. The summed E-state index contributed by atoms with van der Waals surface area (Å²) in [4.78, 5) is 33.1. The number of pyridine rings is 1. The molecule has 1 fully saturated rings. The number of benzene rings is 1. The van der Waals surface area contributed by atoms with Crippen molar-refractivity contribution in [1.82, 2.24) is 14.8 Å². The van der Waals surface area contributed by atoms with E-state index < -0.39 is 5.79 Å². The number of halogens is 1. The average molecular weight is 500 g/mol. The van der Waals surface area contributed by atoms with Crippen molar-refractivity contribution in [1.29, 1.82) is 0 Å². The van der Waals surface area contributed by atoms with Crippen LogP contribution in [0, 0.1) is 26.7 Å². The summed E-state index contributed by atoms with van der Waals surface area (Å²) in [5.41, 5.74) is 4.30. The van der Waals surface area contributed by atoms with Crippen LogP contribution in [0.1, 0.15) is 64.5 Å². The van der Waals surface area contributed by atoms with E-state index in [4.69, 9.17) is 21.1 Å². The van der Waals surface area contributed by atoms with E-state index >= 15 is 0 Å². The van der Waals surface area contributed by atoms with Gasteiger partial charge < -0.3 is 24.3 Å². The number of ether oxygens (including phenoxy) is 2. The molecule has 188 valence electrons. The molecule has 0 saturated heterocycles. The molecule has 1 aliphatic carbocycles. The number of hydrogen-bond donors (Lipinski definition) is 1. The van der Waals surface area contributed by atoms with Gasteiger partial charge in [0.05, 0.1) is 17.1 Å². The standard InChI is InChI=1S/C27H34ClN3O4/c1-14-11-15(2)29-25(32)20(14)13-31-10-9-19-21(26(31)33)16(3)23-24(22(19)28)35-27(4,34-23)17-7-8-18(12-17)30(5)6/h11,17-18H,7-10,12-13H2,1-6H3,(H,29,32)/t17-,18+,27?/m0/s1. The third kappa shape index (κ3) is 3.93. The lowest BCUT2D eigenvalue weighted by Crippen LogP contribution is -2.43. The van der Waals surface area contributed by atoms with E-state index in [1.165, 1.54) is 0 Å². The van der Waals surface area contributed by atoms with Crippen LogP contribution in [0.4, 0.5) is 0 Å². The van der Waals surface area contributed by atoms with Crippen LogP contribution in [0.15, 0.2) is 10.9 Å². The number of hydrogen-bond acceptors (Lipinski definition) is 5. The Bertz CT molecular complexity index is 1270. The number of carbonyl (C=O) groups is 1. The predicted molar refractivity (Wildman–Crippen MR) is 136 cm³/mol. The first-order chi connectivity index (χ1) is 16.5. The second-order valence-corrected chi connectivity index (χ2v) is 11.1. The van der Waals surface area contributed by atoms with Gasteiger partial charge in [0.15, 0.2) is 11.5 Å². The van der Waals surface area contributed by atoms with Gasteiger partial charge in [-0.05, 0) is 77.7 Å². The molecule has 3 atom stereocenters. The largest absolute Gasteiger partial charge is 0.448 e. The van der Waals surface area contributed by atoms with E-state index in [0.29, 0.717) is 46.7 Å². The summed E-state index contributed by atoms with van der Waals surface area (Å²) < 4.78 is 12.9. The molecule has 0 radical (unpaired) electrons. The van der Waals surface area contributed by atoms with Crippen molar-refractivity contribution in [2.24, 2.45) is 5.92 Å². The van der Waals surface area contributed by atoms with Crippen LogP contribution in [0.25, 0.3) is 0 Å². The van der Waals surface area contributed by atoms with Crippen molar-refractivity contribution in [3.8, 4) is 11.5 Å². The lowest BCUT2D eigenvalue weighted by Gasteiger charge is -2.31. The molecule has 2 aromatic rings. The third-order valence-electron chi connectivity index (χ3n) is 8.15. The SMILES string of the molecule is Cc1cc(C)c(CN2CCc3c(Cl)c4c(c(C)c3C2=O)OC(C)([C@H]2CC[C@@H](N(C)C)C2)O4)c(=O)[nH]1. The molecule has 0 spiro atoms. The predicted octanol–water partition coefficient (Wildman–Crippen LogP) is 4.37. The number of amides is 1. The Hall–Kier alpha value is -2.51. The Kier molecular flexibility index (Phi) is 5.92. The summed E-state index contributed by atoms with van der Waals surface area (Å²) >= 11 is 6.86. The van der Waals surface area contributed by atoms with Crippen molar-refractivity contribution in [3.63, 3.8) is 0 Å².